The Balaban J connectivity index is 3.03. The molecule has 0 spiro atoms. The Kier molecular flexibility index (Phi) is 4.52. The van der Waals surface area contributed by atoms with Crippen molar-refractivity contribution in [2.45, 2.75) is 17.9 Å². The molecule has 1 aromatic rings. The third kappa shape index (κ3) is 3.29. The number of nitrogens with zero attached hydrogens (tertiary/aromatic N) is 1. The molecule has 1 heterocycles. The number of aliphatic hydroxyl groups is 1. The van der Waals surface area contributed by atoms with Gasteiger partial charge in [0.15, 0.2) is 0 Å². The predicted octanol–water partition coefficient (Wildman–Crippen LogP) is 1.05. The molecule has 0 saturated carbocycles. The Hall–Kier alpha value is -0.400. The Bertz CT molecular complexity index is 478. The van der Waals surface area contributed by atoms with E-state index in [1.54, 1.807) is 0 Å². The molecule has 1 atom stereocenters. The van der Waals surface area contributed by atoms with E-state index in [0.29, 0.717) is 0 Å². The third-order valence-corrected chi connectivity index (χ3v) is 3.95. The van der Waals surface area contributed by atoms with Crippen molar-refractivity contribution in [1.82, 2.24) is 9.71 Å². The number of rotatable bonds is 4. The minimum atomic E-state index is -3.73. The number of nitrogens with one attached hydrogen (secondary N) is 1. The van der Waals surface area contributed by atoms with Crippen LogP contribution in [0.4, 0.5) is 0 Å². The van der Waals surface area contributed by atoms with E-state index in [1.165, 1.54) is 13.0 Å². The monoisotopic (exact) mass is 284 g/mol. The number of sulfonamides is 1. The minimum Gasteiger partial charge on any atom is -0.395 e. The van der Waals surface area contributed by atoms with Gasteiger partial charge in [0.25, 0.3) is 0 Å². The van der Waals surface area contributed by atoms with Gasteiger partial charge in [-0.2, -0.15) is 0 Å². The number of hydrogen-bond acceptors (Lipinski definition) is 4. The number of hydrogen-bond donors (Lipinski definition) is 2. The van der Waals surface area contributed by atoms with Crippen LogP contribution in [0, 0.1) is 0 Å². The lowest BCUT2D eigenvalue weighted by atomic mass is 10.4. The molecule has 0 aromatic carbocycles. The van der Waals surface area contributed by atoms with Gasteiger partial charge in [-0.25, -0.2) is 18.1 Å². The van der Waals surface area contributed by atoms with E-state index < -0.39 is 16.1 Å². The second-order valence-electron chi connectivity index (χ2n) is 3.15. The van der Waals surface area contributed by atoms with Crippen molar-refractivity contribution in [2.75, 3.05) is 6.61 Å². The second kappa shape index (κ2) is 5.29. The normalized spacial score (nSPS) is 13.8. The molecule has 1 rings (SSSR count). The van der Waals surface area contributed by atoms with Gasteiger partial charge in [-0.05, 0) is 13.0 Å². The molecule has 2 N–H and O–H groups in total. The lowest BCUT2D eigenvalue weighted by molar-refractivity contribution is 0.265. The molecular formula is C8H10Cl2N2O3S. The summed E-state index contributed by atoms with van der Waals surface area (Å²) in [5, 5.41) is 8.85. The summed E-state index contributed by atoms with van der Waals surface area (Å²) >= 11 is 11.2. The van der Waals surface area contributed by atoms with E-state index in [9.17, 15) is 8.42 Å². The standard InChI is InChI=1S/C8H10Cl2N2O3S/c1-5(4-13)12-16(14,15)6-2-7(9)8(10)11-3-6/h2-3,5,12-13H,4H2,1H3/t5-/m0/s1. The first-order valence-corrected chi connectivity index (χ1v) is 6.55. The fourth-order valence-corrected chi connectivity index (χ4v) is 2.46. The van der Waals surface area contributed by atoms with Gasteiger partial charge in [0.1, 0.15) is 10.0 Å². The smallest absolute Gasteiger partial charge is 0.242 e. The van der Waals surface area contributed by atoms with Crippen LogP contribution in [-0.4, -0.2) is 31.2 Å². The largest absolute Gasteiger partial charge is 0.395 e. The molecule has 0 aliphatic carbocycles. The number of pyridine rings is 1. The molecule has 90 valence electrons. The Morgan fingerprint density at radius 2 is 2.19 bits per heavy atom. The highest BCUT2D eigenvalue weighted by Gasteiger charge is 2.18. The molecule has 0 unspecified atom stereocenters. The van der Waals surface area contributed by atoms with Crippen LogP contribution in [0.15, 0.2) is 17.2 Å². The Morgan fingerprint density at radius 3 is 2.69 bits per heavy atom. The average molecular weight is 285 g/mol. The van der Waals surface area contributed by atoms with Crippen LogP contribution in [0.3, 0.4) is 0 Å². The van der Waals surface area contributed by atoms with Gasteiger partial charge in [0, 0.05) is 12.2 Å². The number of halogens is 2. The van der Waals surface area contributed by atoms with Crippen molar-refractivity contribution >= 4 is 33.2 Å². The molecule has 0 saturated heterocycles. The first-order chi connectivity index (χ1) is 7.36. The van der Waals surface area contributed by atoms with E-state index in [4.69, 9.17) is 28.3 Å². The van der Waals surface area contributed by atoms with Gasteiger partial charge in [-0.3, -0.25) is 0 Å². The summed E-state index contributed by atoms with van der Waals surface area (Å²) in [4.78, 5) is 3.53. The molecule has 0 radical (unpaired) electrons. The van der Waals surface area contributed by atoms with Gasteiger partial charge in [-0.15, -0.1) is 0 Å². The minimum absolute atomic E-state index is 0.0378. The average Bonchev–Trinajstić information content (AvgIpc) is 2.21. The number of aromatic nitrogens is 1. The summed E-state index contributed by atoms with van der Waals surface area (Å²) in [5.41, 5.74) is 0. The van der Waals surface area contributed by atoms with Crippen molar-refractivity contribution in [2.24, 2.45) is 0 Å². The molecule has 0 aliphatic rings. The zero-order chi connectivity index (χ0) is 12.3. The predicted molar refractivity (Wildman–Crippen MR) is 61.1 cm³/mol. The van der Waals surface area contributed by atoms with E-state index in [2.05, 4.69) is 9.71 Å². The second-order valence-corrected chi connectivity index (χ2v) is 5.63. The molecule has 0 aliphatic heterocycles. The summed E-state index contributed by atoms with van der Waals surface area (Å²) in [5.74, 6) is 0. The van der Waals surface area contributed by atoms with Crippen LogP contribution in [0.5, 0.6) is 0 Å². The lowest BCUT2D eigenvalue weighted by Crippen LogP contribution is -2.35. The molecule has 0 fully saturated rings. The van der Waals surface area contributed by atoms with Crippen LogP contribution in [0.1, 0.15) is 6.92 Å². The summed E-state index contributed by atoms with van der Waals surface area (Å²) in [6.45, 7) is 1.23. The summed E-state index contributed by atoms with van der Waals surface area (Å²) < 4.78 is 25.7. The van der Waals surface area contributed by atoms with Crippen molar-refractivity contribution in [3.05, 3.63) is 22.4 Å². The highest BCUT2D eigenvalue weighted by Crippen LogP contribution is 2.22. The quantitative estimate of drug-likeness (QED) is 0.810. The van der Waals surface area contributed by atoms with E-state index >= 15 is 0 Å². The fourth-order valence-electron chi connectivity index (χ4n) is 0.921. The topological polar surface area (TPSA) is 79.3 Å². The maximum absolute atomic E-state index is 11.7. The van der Waals surface area contributed by atoms with Crippen LogP contribution < -0.4 is 4.72 Å². The molecular weight excluding hydrogens is 275 g/mol. The van der Waals surface area contributed by atoms with Crippen molar-refractivity contribution in [1.29, 1.82) is 0 Å². The zero-order valence-electron chi connectivity index (χ0n) is 8.31. The van der Waals surface area contributed by atoms with Crippen LogP contribution in [0.25, 0.3) is 0 Å². The van der Waals surface area contributed by atoms with Crippen molar-refractivity contribution in [3.63, 3.8) is 0 Å². The first-order valence-electron chi connectivity index (χ1n) is 4.31. The maximum Gasteiger partial charge on any atom is 0.242 e. The summed E-state index contributed by atoms with van der Waals surface area (Å²) in [7, 11) is -3.73. The van der Waals surface area contributed by atoms with Gasteiger partial charge in [0.05, 0.1) is 11.6 Å². The maximum atomic E-state index is 11.7. The van der Waals surface area contributed by atoms with Gasteiger partial charge < -0.3 is 5.11 Å². The van der Waals surface area contributed by atoms with Crippen LogP contribution in [0.2, 0.25) is 10.2 Å². The van der Waals surface area contributed by atoms with Gasteiger partial charge in [0.2, 0.25) is 10.0 Å². The van der Waals surface area contributed by atoms with E-state index in [0.717, 1.165) is 6.20 Å². The first kappa shape index (κ1) is 13.7. The van der Waals surface area contributed by atoms with Gasteiger partial charge in [-0.1, -0.05) is 23.2 Å². The Morgan fingerprint density at radius 1 is 1.56 bits per heavy atom. The van der Waals surface area contributed by atoms with Crippen molar-refractivity contribution in [3.8, 4) is 0 Å². The zero-order valence-corrected chi connectivity index (χ0v) is 10.6. The molecule has 1 aromatic heterocycles. The lowest BCUT2D eigenvalue weighted by Gasteiger charge is -2.11. The molecule has 0 bridgehead atoms. The SMILES string of the molecule is C[C@@H](CO)NS(=O)(=O)c1cnc(Cl)c(Cl)c1. The molecule has 5 nitrogen and oxygen atoms in total. The van der Waals surface area contributed by atoms with E-state index in [1.807, 2.05) is 0 Å². The fraction of sp³-hybridized carbons (Fsp3) is 0.375. The molecule has 0 amide bonds. The van der Waals surface area contributed by atoms with Crippen molar-refractivity contribution < 1.29 is 13.5 Å². The van der Waals surface area contributed by atoms with Crippen LogP contribution >= 0.6 is 23.2 Å². The highest BCUT2D eigenvalue weighted by molar-refractivity contribution is 7.89. The molecule has 16 heavy (non-hydrogen) atoms. The summed E-state index contributed by atoms with van der Waals surface area (Å²) in [6.07, 6.45) is 1.10. The summed E-state index contributed by atoms with van der Waals surface area (Å²) in [6, 6.07) is 0.614. The molecule has 8 heteroatoms. The highest BCUT2D eigenvalue weighted by atomic mass is 35.5. The Labute approximate surface area is 103 Å². The third-order valence-electron chi connectivity index (χ3n) is 1.71. The number of aliphatic hydroxyl groups excluding tert-OH is 1. The van der Waals surface area contributed by atoms with Crippen LogP contribution in [-0.2, 0) is 10.0 Å². The van der Waals surface area contributed by atoms with E-state index in [-0.39, 0.29) is 21.7 Å². The van der Waals surface area contributed by atoms with Gasteiger partial charge >= 0.3 is 0 Å².